The summed E-state index contributed by atoms with van der Waals surface area (Å²) in [4.78, 5) is 23.8. The Kier molecular flexibility index (Phi) is 5.71. The molecule has 5 nitrogen and oxygen atoms in total. The summed E-state index contributed by atoms with van der Waals surface area (Å²) in [6.45, 7) is 0. The first kappa shape index (κ1) is 17.0. The molecule has 0 aliphatic carbocycles. The molecule has 0 unspecified atom stereocenters. The van der Waals surface area contributed by atoms with Crippen molar-refractivity contribution in [3.8, 4) is 6.07 Å². The van der Waals surface area contributed by atoms with Gasteiger partial charge in [-0.3, -0.25) is 9.59 Å². The third-order valence-corrected chi connectivity index (χ3v) is 4.00. The highest BCUT2D eigenvalue weighted by molar-refractivity contribution is 14.1. The second kappa shape index (κ2) is 7.74. The van der Waals surface area contributed by atoms with Crippen molar-refractivity contribution in [3.05, 3.63) is 68.8 Å². The zero-order valence-electron chi connectivity index (χ0n) is 12.1. The van der Waals surface area contributed by atoms with Crippen molar-refractivity contribution in [2.75, 3.05) is 0 Å². The molecule has 2 rings (SSSR count). The first-order valence-electron chi connectivity index (χ1n) is 6.84. The predicted octanol–water partition coefficient (Wildman–Crippen LogP) is 1.99. The van der Waals surface area contributed by atoms with Crippen molar-refractivity contribution in [2.45, 2.75) is 12.5 Å². The molecule has 1 atom stereocenters. The topological polar surface area (TPSA) is 96.0 Å². The predicted molar refractivity (Wildman–Crippen MR) is 94.5 cm³/mol. The molecule has 116 valence electrons. The van der Waals surface area contributed by atoms with Gasteiger partial charge in [-0.05, 0) is 64.6 Å². The van der Waals surface area contributed by atoms with E-state index in [2.05, 4.69) is 27.9 Å². The normalized spacial score (nSPS) is 11.3. The Morgan fingerprint density at radius 1 is 1.13 bits per heavy atom. The SMILES string of the molecule is N#Cc1ccc(C(=O)N[C@H](Cc2ccc(I)cc2)C(N)=O)cc1. The number of nitriles is 1. The number of rotatable bonds is 5. The zero-order chi connectivity index (χ0) is 16.8. The smallest absolute Gasteiger partial charge is 0.251 e. The van der Waals surface area contributed by atoms with Gasteiger partial charge in [-0.15, -0.1) is 0 Å². The summed E-state index contributed by atoms with van der Waals surface area (Å²) >= 11 is 2.19. The number of hydrogen-bond donors (Lipinski definition) is 2. The highest BCUT2D eigenvalue weighted by atomic mass is 127. The van der Waals surface area contributed by atoms with Gasteiger partial charge in [0.1, 0.15) is 6.04 Å². The standard InChI is InChI=1S/C17H14IN3O2/c18-14-7-3-11(4-8-14)9-15(16(20)22)21-17(23)13-5-1-12(10-19)2-6-13/h1-8,15H,9H2,(H2,20,22)(H,21,23)/t15-/m1/s1. The number of halogens is 1. The maximum Gasteiger partial charge on any atom is 0.251 e. The number of hydrogen-bond acceptors (Lipinski definition) is 3. The number of nitrogens with zero attached hydrogens (tertiary/aromatic N) is 1. The monoisotopic (exact) mass is 419 g/mol. The van der Waals surface area contributed by atoms with Crippen molar-refractivity contribution < 1.29 is 9.59 Å². The summed E-state index contributed by atoms with van der Waals surface area (Å²) in [5.41, 5.74) is 7.14. The zero-order valence-corrected chi connectivity index (χ0v) is 14.3. The van der Waals surface area contributed by atoms with E-state index in [0.29, 0.717) is 17.5 Å². The van der Waals surface area contributed by atoms with Crippen molar-refractivity contribution in [1.82, 2.24) is 5.32 Å². The van der Waals surface area contributed by atoms with Crippen LogP contribution in [0.25, 0.3) is 0 Å². The molecule has 0 aromatic heterocycles. The molecule has 23 heavy (non-hydrogen) atoms. The van der Waals surface area contributed by atoms with Crippen LogP contribution in [-0.2, 0) is 11.2 Å². The van der Waals surface area contributed by atoms with Gasteiger partial charge in [0.2, 0.25) is 5.91 Å². The van der Waals surface area contributed by atoms with Crippen LogP contribution in [0.1, 0.15) is 21.5 Å². The van der Waals surface area contributed by atoms with Crippen LogP contribution in [0.4, 0.5) is 0 Å². The second-order valence-corrected chi connectivity index (χ2v) is 6.19. The highest BCUT2D eigenvalue weighted by Gasteiger charge is 2.19. The van der Waals surface area contributed by atoms with Crippen LogP contribution in [0.15, 0.2) is 48.5 Å². The van der Waals surface area contributed by atoms with E-state index in [-0.39, 0.29) is 0 Å². The molecule has 0 aliphatic heterocycles. The number of benzene rings is 2. The molecule has 0 fully saturated rings. The van der Waals surface area contributed by atoms with Crippen molar-refractivity contribution >= 4 is 34.4 Å². The maximum atomic E-state index is 12.2. The summed E-state index contributed by atoms with van der Waals surface area (Å²) < 4.78 is 1.09. The fourth-order valence-corrected chi connectivity index (χ4v) is 2.38. The summed E-state index contributed by atoms with van der Waals surface area (Å²) in [5, 5.41) is 11.4. The Hall–Kier alpha value is -2.40. The van der Waals surface area contributed by atoms with Crippen LogP contribution < -0.4 is 11.1 Å². The van der Waals surface area contributed by atoms with E-state index < -0.39 is 17.9 Å². The molecule has 0 saturated heterocycles. The van der Waals surface area contributed by atoms with Crippen LogP contribution in [-0.4, -0.2) is 17.9 Å². The summed E-state index contributed by atoms with van der Waals surface area (Å²) in [6, 6.07) is 15.0. The fourth-order valence-electron chi connectivity index (χ4n) is 2.02. The number of carbonyl (C=O) groups is 2. The molecule has 2 aromatic carbocycles. The molecule has 2 aromatic rings. The van der Waals surface area contributed by atoms with E-state index in [4.69, 9.17) is 11.0 Å². The minimum absolute atomic E-state index is 0.328. The summed E-state index contributed by atoms with van der Waals surface area (Å²) in [7, 11) is 0. The molecular formula is C17H14IN3O2. The van der Waals surface area contributed by atoms with Gasteiger partial charge < -0.3 is 11.1 Å². The van der Waals surface area contributed by atoms with Gasteiger partial charge in [-0.25, -0.2) is 0 Å². The molecule has 0 saturated carbocycles. The van der Waals surface area contributed by atoms with E-state index in [1.807, 2.05) is 30.3 Å². The fraction of sp³-hybridized carbons (Fsp3) is 0.118. The molecule has 0 spiro atoms. The minimum atomic E-state index is -0.793. The van der Waals surface area contributed by atoms with E-state index in [1.54, 1.807) is 12.1 Å². The minimum Gasteiger partial charge on any atom is -0.368 e. The largest absolute Gasteiger partial charge is 0.368 e. The van der Waals surface area contributed by atoms with E-state index in [9.17, 15) is 9.59 Å². The molecule has 0 heterocycles. The van der Waals surface area contributed by atoms with Gasteiger partial charge in [0, 0.05) is 15.6 Å². The third-order valence-electron chi connectivity index (χ3n) is 3.28. The molecule has 0 radical (unpaired) electrons. The van der Waals surface area contributed by atoms with Crippen LogP contribution >= 0.6 is 22.6 Å². The first-order chi connectivity index (χ1) is 11.0. The van der Waals surface area contributed by atoms with Crippen LogP contribution in [0, 0.1) is 14.9 Å². The number of amides is 2. The van der Waals surface area contributed by atoms with Crippen molar-refractivity contribution in [3.63, 3.8) is 0 Å². The maximum absolute atomic E-state index is 12.2. The highest BCUT2D eigenvalue weighted by Crippen LogP contribution is 2.10. The van der Waals surface area contributed by atoms with Crippen molar-refractivity contribution in [2.24, 2.45) is 5.73 Å². The van der Waals surface area contributed by atoms with Crippen molar-refractivity contribution in [1.29, 1.82) is 5.26 Å². The average Bonchev–Trinajstić information content (AvgIpc) is 2.56. The Balaban J connectivity index is 2.09. The Morgan fingerprint density at radius 3 is 2.26 bits per heavy atom. The van der Waals surface area contributed by atoms with Gasteiger partial charge in [0.05, 0.1) is 11.6 Å². The number of nitrogens with one attached hydrogen (secondary N) is 1. The summed E-state index contributed by atoms with van der Waals surface area (Å²) in [5.74, 6) is -0.991. The van der Waals surface area contributed by atoms with E-state index >= 15 is 0 Å². The summed E-state index contributed by atoms with van der Waals surface area (Å²) in [6.07, 6.45) is 0.328. The molecule has 0 aliphatic rings. The van der Waals surface area contributed by atoms with E-state index in [1.165, 1.54) is 12.1 Å². The number of nitrogens with two attached hydrogens (primary N) is 1. The van der Waals surface area contributed by atoms with Gasteiger partial charge in [0.15, 0.2) is 0 Å². The number of primary amides is 1. The lowest BCUT2D eigenvalue weighted by molar-refractivity contribution is -0.119. The molecule has 6 heteroatoms. The molecule has 0 bridgehead atoms. The van der Waals surface area contributed by atoms with Crippen LogP contribution in [0.3, 0.4) is 0 Å². The van der Waals surface area contributed by atoms with Crippen LogP contribution in [0.5, 0.6) is 0 Å². The van der Waals surface area contributed by atoms with Gasteiger partial charge in [0.25, 0.3) is 5.91 Å². The van der Waals surface area contributed by atoms with Gasteiger partial charge in [-0.2, -0.15) is 5.26 Å². The lowest BCUT2D eigenvalue weighted by atomic mass is 10.0. The van der Waals surface area contributed by atoms with E-state index in [0.717, 1.165) is 9.13 Å². The Morgan fingerprint density at radius 2 is 1.74 bits per heavy atom. The average molecular weight is 419 g/mol. The quantitative estimate of drug-likeness (QED) is 0.726. The molecule has 3 N–H and O–H groups in total. The molecular weight excluding hydrogens is 405 g/mol. The lowest BCUT2D eigenvalue weighted by Crippen LogP contribution is -2.45. The first-order valence-corrected chi connectivity index (χ1v) is 7.92. The number of carbonyl (C=O) groups excluding carboxylic acids is 2. The Bertz CT molecular complexity index is 749. The van der Waals surface area contributed by atoms with Crippen LogP contribution in [0.2, 0.25) is 0 Å². The lowest BCUT2D eigenvalue weighted by Gasteiger charge is -2.15. The Labute approximate surface area is 147 Å². The third kappa shape index (κ3) is 4.79. The molecule has 2 amide bonds. The second-order valence-electron chi connectivity index (χ2n) is 4.95. The van der Waals surface area contributed by atoms with Gasteiger partial charge in [-0.1, -0.05) is 12.1 Å². The van der Waals surface area contributed by atoms with Gasteiger partial charge >= 0.3 is 0 Å².